The molecule has 46 heavy (non-hydrogen) atoms. The van der Waals surface area contributed by atoms with Crippen molar-refractivity contribution in [2.75, 3.05) is 13.2 Å². The van der Waals surface area contributed by atoms with Crippen LogP contribution in [0.3, 0.4) is 0 Å². The first-order valence-electron chi connectivity index (χ1n) is 18.7. The lowest BCUT2D eigenvalue weighted by molar-refractivity contribution is -0.110. The van der Waals surface area contributed by atoms with Crippen LogP contribution in [-0.4, -0.2) is 60.1 Å². The minimum atomic E-state index is -0.432. The average molecular weight is 639 g/mol. The van der Waals surface area contributed by atoms with Crippen LogP contribution in [0.25, 0.3) is 0 Å². The molecule has 0 radical (unpaired) electrons. The van der Waals surface area contributed by atoms with Crippen LogP contribution in [0.1, 0.15) is 128 Å². The van der Waals surface area contributed by atoms with Crippen molar-refractivity contribution in [1.29, 1.82) is 0 Å². The zero-order valence-corrected chi connectivity index (χ0v) is 28.8. The largest absolute Gasteiger partial charge is 0.494 e. The van der Waals surface area contributed by atoms with Crippen LogP contribution < -0.4 is 9.47 Å². The van der Waals surface area contributed by atoms with Gasteiger partial charge in [0, 0.05) is 0 Å². The Kier molecular flexibility index (Phi) is 16.7. The van der Waals surface area contributed by atoms with Crippen molar-refractivity contribution in [1.82, 2.24) is 0 Å². The van der Waals surface area contributed by atoms with Crippen LogP contribution in [0.15, 0.2) is 48.5 Å². The second kappa shape index (κ2) is 21.0. The standard InChI is InChI=1S/C40H62O6/c1-3-5-13-31-17-21-33(22-18-31)43-29-11-7-9-15-35(41)37-25-27-39(45-37)40-28-26-38(46-40)36(42)16-10-8-12-30-44-34-23-19-32(20-24-34)14-6-4-2/h17-24,35-42H,3-16,25-30H2,1-2H3/t35-,36-,37-,38-,39-,40-/m0/s1. The number of hydrogen-bond donors (Lipinski definition) is 2. The number of aliphatic hydroxyl groups excluding tert-OH is 2. The van der Waals surface area contributed by atoms with E-state index in [0.29, 0.717) is 13.2 Å². The van der Waals surface area contributed by atoms with Crippen LogP contribution in [0, 0.1) is 0 Å². The van der Waals surface area contributed by atoms with E-state index in [1.54, 1.807) is 0 Å². The third-order valence-electron chi connectivity index (χ3n) is 9.75. The van der Waals surface area contributed by atoms with Crippen LogP contribution in [0.4, 0.5) is 0 Å². The van der Waals surface area contributed by atoms with Crippen molar-refractivity contribution in [3.63, 3.8) is 0 Å². The van der Waals surface area contributed by atoms with E-state index in [4.69, 9.17) is 18.9 Å². The van der Waals surface area contributed by atoms with E-state index in [-0.39, 0.29) is 24.4 Å². The fraction of sp³-hybridized carbons (Fsp3) is 0.700. The second-order valence-electron chi connectivity index (χ2n) is 13.6. The molecule has 2 aliphatic heterocycles. The highest BCUT2D eigenvalue weighted by Gasteiger charge is 2.40. The number of ether oxygens (including phenoxy) is 4. The summed E-state index contributed by atoms with van der Waals surface area (Å²) < 4.78 is 24.4. The van der Waals surface area contributed by atoms with Gasteiger partial charge in [0.15, 0.2) is 0 Å². The van der Waals surface area contributed by atoms with E-state index in [9.17, 15) is 10.2 Å². The van der Waals surface area contributed by atoms with Gasteiger partial charge in [0.1, 0.15) is 11.5 Å². The Bertz CT molecular complexity index is 971. The predicted molar refractivity (Wildman–Crippen MR) is 186 cm³/mol. The molecule has 0 spiro atoms. The normalized spacial score (nSPS) is 22.6. The van der Waals surface area contributed by atoms with Crippen molar-refractivity contribution in [2.45, 2.75) is 166 Å². The van der Waals surface area contributed by atoms with Gasteiger partial charge >= 0.3 is 0 Å². The molecule has 2 N–H and O–H groups in total. The van der Waals surface area contributed by atoms with Crippen molar-refractivity contribution in [3.05, 3.63) is 59.7 Å². The third kappa shape index (κ3) is 12.8. The number of hydrogen-bond acceptors (Lipinski definition) is 6. The summed E-state index contributed by atoms with van der Waals surface area (Å²) in [7, 11) is 0. The number of rotatable bonds is 23. The van der Waals surface area contributed by atoms with Gasteiger partial charge in [0.25, 0.3) is 0 Å². The van der Waals surface area contributed by atoms with Gasteiger partial charge in [-0.05, 0) is 125 Å². The molecular weight excluding hydrogens is 576 g/mol. The summed E-state index contributed by atoms with van der Waals surface area (Å²) >= 11 is 0. The Hall–Kier alpha value is -2.12. The minimum absolute atomic E-state index is 0.0245. The maximum absolute atomic E-state index is 10.8. The molecule has 2 aliphatic rings. The van der Waals surface area contributed by atoms with Crippen LogP contribution in [-0.2, 0) is 22.3 Å². The van der Waals surface area contributed by atoms with Crippen molar-refractivity contribution in [2.24, 2.45) is 0 Å². The number of aryl methyl sites for hydroxylation is 2. The number of unbranched alkanes of at least 4 members (excludes halogenated alkanes) is 6. The quantitative estimate of drug-likeness (QED) is 0.119. The smallest absolute Gasteiger partial charge is 0.119 e. The summed E-state index contributed by atoms with van der Waals surface area (Å²) in [6.45, 7) is 5.86. The SMILES string of the molecule is CCCCc1ccc(OCCCCC[C@H](O)[C@@H]2CC[C@@H]([C@@H]3CC[C@@H]([C@@H](O)CCCCCOc4ccc(CCCC)cc4)O3)O2)cc1. The Morgan fingerprint density at radius 1 is 0.565 bits per heavy atom. The summed E-state index contributed by atoms with van der Waals surface area (Å²) in [4.78, 5) is 0. The van der Waals surface area contributed by atoms with Crippen LogP contribution in [0.2, 0.25) is 0 Å². The molecule has 2 aromatic rings. The molecule has 258 valence electrons. The Labute approximate surface area is 279 Å². The Balaban J connectivity index is 1.00. The van der Waals surface area contributed by atoms with Gasteiger partial charge < -0.3 is 29.2 Å². The molecule has 0 bridgehead atoms. The predicted octanol–water partition coefficient (Wildman–Crippen LogP) is 8.77. The number of benzene rings is 2. The molecule has 0 saturated carbocycles. The Morgan fingerprint density at radius 2 is 0.978 bits per heavy atom. The summed E-state index contributed by atoms with van der Waals surface area (Å²) in [6, 6.07) is 17.0. The van der Waals surface area contributed by atoms with Gasteiger partial charge in [0.2, 0.25) is 0 Å². The van der Waals surface area contributed by atoms with E-state index in [0.717, 1.165) is 101 Å². The second-order valence-corrected chi connectivity index (χ2v) is 13.6. The van der Waals surface area contributed by atoms with E-state index < -0.39 is 12.2 Å². The molecule has 2 saturated heterocycles. The highest BCUT2D eigenvalue weighted by Crippen LogP contribution is 2.34. The maximum atomic E-state index is 10.8. The third-order valence-corrected chi connectivity index (χ3v) is 9.75. The van der Waals surface area contributed by atoms with Gasteiger partial charge in [-0.3, -0.25) is 0 Å². The van der Waals surface area contributed by atoms with Gasteiger partial charge in [-0.2, -0.15) is 0 Å². The van der Waals surface area contributed by atoms with Crippen LogP contribution >= 0.6 is 0 Å². The summed E-state index contributed by atoms with van der Waals surface area (Å²) in [5, 5.41) is 21.6. The van der Waals surface area contributed by atoms with E-state index in [1.165, 1.54) is 36.8 Å². The molecular formula is C40H62O6. The highest BCUT2D eigenvalue weighted by molar-refractivity contribution is 5.28. The zero-order valence-electron chi connectivity index (χ0n) is 28.8. The van der Waals surface area contributed by atoms with Gasteiger partial charge in [-0.25, -0.2) is 0 Å². The first-order chi connectivity index (χ1) is 22.6. The topological polar surface area (TPSA) is 77.4 Å². The van der Waals surface area contributed by atoms with Gasteiger partial charge in [-0.15, -0.1) is 0 Å². The monoisotopic (exact) mass is 638 g/mol. The first kappa shape index (κ1) is 36.7. The molecule has 0 aromatic heterocycles. The molecule has 4 rings (SSSR count). The van der Waals surface area contributed by atoms with Crippen molar-refractivity contribution >= 4 is 0 Å². The first-order valence-corrected chi connectivity index (χ1v) is 18.7. The zero-order chi connectivity index (χ0) is 32.4. The molecule has 0 aliphatic carbocycles. The lowest BCUT2D eigenvalue weighted by Gasteiger charge is -2.24. The van der Waals surface area contributed by atoms with Gasteiger partial charge in [0.05, 0.1) is 49.8 Å². The maximum Gasteiger partial charge on any atom is 0.119 e. The average Bonchev–Trinajstić information content (AvgIpc) is 3.78. The molecule has 6 atom stereocenters. The summed E-state index contributed by atoms with van der Waals surface area (Å²) in [5.41, 5.74) is 2.75. The summed E-state index contributed by atoms with van der Waals surface area (Å²) in [6.07, 6.45) is 17.2. The van der Waals surface area contributed by atoms with E-state index >= 15 is 0 Å². The molecule has 2 fully saturated rings. The fourth-order valence-corrected chi connectivity index (χ4v) is 6.77. The Morgan fingerprint density at radius 3 is 1.37 bits per heavy atom. The molecule has 2 heterocycles. The van der Waals surface area contributed by atoms with Crippen molar-refractivity contribution < 1.29 is 29.2 Å². The van der Waals surface area contributed by atoms with Crippen molar-refractivity contribution in [3.8, 4) is 11.5 Å². The molecule has 6 nitrogen and oxygen atoms in total. The fourth-order valence-electron chi connectivity index (χ4n) is 6.77. The summed E-state index contributed by atoms with van der Waals surface area (Å²) in [5.74, 6) is 1.88. The molecule has 6 heteroatoms. The van der Waals surface area contributed by atoms with Crippen LogP contribution in [0.5, 0.6) is 11.5 Å². The van der Waals surface area contributed by atoms with E-state index in [2.05, 4.69) is 62.4 Å². The lowest BCUT2D eigenvalue weighted by atomic mass is 10.0. The lowest BCUT2D eigenvalue weighted by Crippen LogP contribution is -2.33. The molecule has 2 aromatic carbocycles. The molecule has 0 amide bonds. The molecule has 0 unspecified atom stereocenters. The van der Waals surface area contributed by atoms with Gasteiger partial charge in [-0.1, -0.05) is 63.8 Å². The van der Waals surface area contributed by atoms with E-state index in [1.807, 2.05) is 0 Å². The highest BCUT2D eigenvalue weighted by atomic mass is 16.6. The number of aliphatic hydroxyl groups is 2. The minimum Gasteiger partial charge on any atom is -0.494 e.